The highest BCUT2D eigenvalue weighted by molar-refractivity contribution is 9.10. The first kappa shape index (κ1) is 15.3. The maximum atomic E-state index is 12.2. The molecule has 1 heterocycles. The van der Waals surface area contributed by atoms with Gasteiger partial charge >= 0.3 is 0 Å². The summed E-state index contributed by atoms with van der Waals surface area (Å²) in [6.07, 6.45) is 1.87. The Hall–Kier alpha value is -2.08. The Kier molecular flexibility index (Phi) is 4.80. The van der Waals surface area contributed by atoms with Crippen molar-refractivity contribution in [2.24, 2.45) is 0 Å². The first-order valence-electron chi connectivity index (χ1n) is 6.54. The van der Waals surface area contributed by atoms with Gasteiger partial charge in [0.25, 0.3) is 5.91 Å². The average molecular weight is 350 g/mol. The maximum Gasteiger partial charge on any atom is 0.272 e. The Bertz CT molecular complexity index is 662. The number of nitrogens with zero attached hydrogens (tertiary/aromatic N) is 1. The van der Waals surface area contributed by atoms with E-state index in [0.717, 1.165) is 11.0 Å². The zero-order chi connectivity index (χ0) is 15.4. The van der Waals surface area contributed by atoms with Crippen LogP contribution in [0.15, 0.2) is 41.0 Å². The van der Waals surface area contributed by atoms with E-state index in [1.54, 1.807) is 30.3 Å². The summed E-state index contributed by atoms with van der Waals surface area (Å²) >= 11 is 3.37. The summed E-state index contributed by atoms with van der Waals surface area (Å²) in [6.45, 7) is 4.15. The Balaban J connectivity index is 2.10. The van der Waals surface area contributed by atoms with E-state index in [9.17, 15) is 9.59 Å². The van der Waals surface area contributed by atoms with Crippen molar-refractivity contribution in [1.82, 2.24) is 4.57 Å². The number of amides is 2. The smallest absolute Gasteiger partial charge is 0.272 e. The van der Waals surface area contributed by atoms with E-state index in [2.05, 4.69) is 26.6 Å². The number of aryl methyl sites for hydroxylation is 1. The number of rotatable bonds is 4. The molecule has 2 rings (SSSR count). The van der Waals surface area contributed by atoms with Crippen molar-refractivity contribution in [3.63, 3.8) is 0 Å². The lowest BCUT2D eigenvalue weighted by Gasteiger charge is -2.08. The molecule has 0 aliphatic carbocycles. The van der Waals surface area contributed by atoms with Gasteiger partial charge in [0.15, 0.2) is 0 Å². The van der Waals surface area contributed by atoms with Crippen molar-refractivity contribution < 1.29 is 9.59 Å². The molecule has 21 heavy (non-hydrogen) atoms. The molecular formula is C15H16BrN3O2. The molecule has 0 atom stereocenters. The van der Waals surface area contributed by atoms with Crippen LogP contribution in [-0.2, 0) is 11.3 Å². The van der Waals surface area contributed by atoms with Gasteiger partial charge in [-0.25, -0.2) is 0 Å². The van der Waals surface area contributed by atoms with E-state index in [0.29, 0.717) is 17.1 Å². The molecule has 5 nitrogen and oxygen atoms in total. The van der Waals surface area contributed by atoms with Crippen molar-refractivity contribution in [1.29, 1.82) is 0 Å². The zero-order valence-corrected chi connectivity index (χ0v) is 13.4. The lowest BCUT2D eigenvalue weighted by molar-refractivity contribution is -0.114. The maximum absolute atomic E-state index is 12.2. The first-order valence-corrected chi connectivity index (χ1v) is 7.33. The van der Waals surface area contributed by atoms with Gasteiger partial charge in [-0.15, -0.1) is 0 Å². The van der Waals surface area contributed by atoms with Crippen LogP contribution in [0.3, 0.4) is 0 Å². The number of benzene rings is 1. The predicted octanol–water partition coefficient (Wildman–Crippen LogP) is 3.48. The molecule has 0 fully saturated rings. The molecule has 1 aromatic carbocycles. The molecule has 0 aliphatic heterocycles. The fraction of sp³-hybridized carbons (Fsp3) is 0.200. The van der Waals surface area contributed by atoms with E-state index in [-0.39, 0.29) is 11.8 Å². The van der Waals surface area contributed by atoms with Gasteiger partial charge in [0.2, 0.25) is 5.91 Å². The quantitative estimate of drug-likeness (QED) is 0.887. The third kappa shape index (κ3) is 3.95. The van der Waals surface area contributed by atoms with Crippen LogP contribution >= 0.6 is 15.9 Å². The molecule has 0 aliphatic rings. The fourth-order valence-corrected chi connectivity index (χ4v) is 2.43. The number of aromatic nitrogens is 1. The van der Waals surface area contributed by atoms with Crippen LogP contribution in [0.1, 0.15) is 24.3 Å². The van der Waals surface area contributed by atoms with Crippen molar-refractivity contribution in [3.8, 4) is 0 Å². The molecule has 0 bridgehead atoms. The fourth-order valence-electron chi connectivity index (χ4n) is 1.96. The topological polar surface area (TPSA) is 63.1 Å². The lowest BCUT2D eigenvalue weighted by atomic mass is 10.2. The molecular weight excluding hydrogens is 334 g/mol. The molecule has 6 heteroatoms. The van der Waals surface area contributed by atoms with Crippen molar-refractivity contribution in [2.75, 3.05) is 10.6 Å². The molecule has 2 aromatic rings. The van der Waals surface area contributed by atoms with Crippen LogP contribution in [0.25, 0.3) is 0 Å². The molecule has 0 saturated heterocycles. The molecule has 0 saturated carbocycles. The van der Waals surface area contributed by atoms with Gasteiger partial charge in [-0.05, 0) is 53.2 Å². The van der Waals surface area contributed by atoms with Gasteiger partial charge in [-0.1, -0.05) is 0 Å². The minimum atomic E-state index is -0.171. The number of anilines is 2. The summed E-state index contributed by atoms with van der Waals surface area (Å²) in [5.41, 5.74) is 1.96. The second-order valence-electron chi connectivity index (χ2n) is 4.54. The van der Waals surface area contributed by atoms with Gasteiger partial charge in [0.05, 0.1) is 0 Å². The van der Waals surface area contributed by atoms with Crippen LogP contribution in [0.2, 0.25) is 0 Å². The van der Waals surface area contributed by atoms with Crippen LogP contribution in [0, 0.1) is 0 Å². The molecule has 2 amide bonds. The van der Waals surface area contributed by atoms with Crippen molar-refractivity contribution in [2.45, 2.75) is 20.4 Å². The highest BCUT2D eigenvalue weighted by atomic mass is 79.9. The molecule has 0 unspecified atom stereocenters. The molecule has 110 valence electrons. The van der Waals surface area contributed by atoms with E-state index in [1.165, 1.54) is 6.92 Å². The molecule has 0 spiro atoms. The van der Waals surface area contributed by atoms with Crippen LogP contribution in [0.4, 0.5) is 11.4 Å². The third-order valence-electron chi connectivity index (χ3n) is 2.90. The van der Waals surface area contributed by atoms with Crippen LogP contribution in [0.5, 0.6) is 0 Å². The number of halogens is 1. The van der Waals surface area contributed by atoms with E-state index in [4.69, 9.17) is 0 Å². The largest absolute Gasteiger partial charge is 0.343 e. The number of nitrogens with one attached hydrogen (secondary N) is 2. The van der Waals surface area contributed by atoms with Gasteiger partial charge in [-0.2, -0.15) is 0 Å². The Morgan fingerprint density at radius 1 is 1.14 bits per heavy atom. The highest BCUT2D eigenvalue weighted by Gasteiger charge is 2.12. The summed E-state index contributed by atoms with van der Waals surface area (Å²) in [5.74, 6) is -0.299. The number of carbonyl (C=O) groups is 2. The monoisotopic (exact) mass is 349 g/mol. The molecule has 2 N–H and O–H groups in total. The summed E-state index contributed by atoms with van der Waals surface area (Å²) in [5, 5.41) is 5.51. The number of hydrogen-bond donors (Lipinski definition) is 2. The third-order valence-corrected chi connectivity index (χ3v) is 3.33. The summed E-state index contributed by atoms with van der Waals surface area (Å²) in [7, 11) is 0. The standard InChI is InChI=1S/C15H16BrN3O2/c1-3-19-9-11(16)8-14(19)15(21)18-13-6-4-12(5-7-13)17-10(2)20/h4-9H,3H2,1-2H3,(H,17,20)(H,18,21). The van der Waals surface area contributed by atoms with E-state index >= 15 is 0 Å². The predicted molar refractivity (Wildman–Crippen MR) is 86.5 cm³/mol. The summed E-state index contributed by atoms with van der Waals surface area (Å²) in [6, 6.07) is 8.76. The Morgan fingerprint density at radius 2 is 1.71 bits per heavy atom. The first-order chi connectivity index (χ1) is 9.99. The minimum absolute atomic E-state index is 0.127. The molecule has 1 aromatic heterocycles. The Morgan fingerprint density at radius 3 is 2.24 bits per heavy atom. The highest BCUT2D eigenvalue weighted by Crippen LogP contribution is 2.18. The summed E-state index contributed by atoms with van der Waals surface area (Å²) in [4.78, 5) is 23.2. The second kappa shape index (κ2) is 6.58. The Labute approximate surface area is 131 Å². The van der Waals surface area contributed by atoms with Gasteiger partial charge in [0.1, 0.15) is 5.69 Å². The average Bonchev–Trinajstić information content (AvgIpc) is 2.82. The number of carbonyl (C=O) groups excluding carboxylic acids is 2. The van der Waals surface area contributed by atoms with Gasteiger partial charge in [-0.3, -0.25) is 9.59 Å². The van der Waals surface area contributed by atoms with Crippen LogP contribution in [-0.4, -0.2) is 16.4 Å². The van der Waals surface area contributed by atoms with Gasteiger partial charge < -0.3 is 15.2 Å². The van der Waals surface area contributed by atoms with Gasteiger partial charge in [0, 0.05) is 35.5 Å². The summed E-state index contributed by atoms with van der Waals surface area (Å²) < 4.78 is 2.74. The second-order valence-corrected chi connectivity index (χ2v) is 5.46. The number of hydrogen-bond acceptors (Lipinski definition) is 2. The minimum Gasteiger partial charge on any atom is -0.343 e. The molecule has 0 radical (unpaired) electrons. The van der Waals surface area contributed by atoms with Crippen molar-refractivity contribution in [3.05, 3.63) is 46.7 Å². The normalized spacial score (nSPS) is 10.2. The lowest BCUT2D eigenvalue weighted by Crippen LogP contribution is -2.16. The van der Waals surface area contributed by atoms with Crippen LogP contribution < -0.4 is 10.6 Å². The SMILES string of the molecule is CCn1cc(Br)cc1C(=O)Nc1ccc(NC(C)=O)cc1. The zero-order valence-electron chi connectivity index (χ0n) is 11.8. The van der Waals surface area contributed by atoms with Crippen molar-refractivity contribution >= 4 is 39.1 Å². The van der Waals surface area contributed by atoms with E-state index < -0.39 is 0 Å². The van der Waals surface area contributed by atoms with E-state index in [1.807, 2.05) is 17.7 Å².